The minimum atomic E-state index is 0.129. The van der Waals surface area contributed by atoms with Crippen LogP contribution in [0.4, 0.5) is 0 Å². The third-order valence-corrected chi connectivity index (χ3v) is 5.66. The van der Waals surface area contributed by atoms with E-state index in [9.17, 15) is 4.79 Å². The maximum absolute atomic E-state index is 13.0. The number of amides is 1. The molecule has 2 aliphatic heterocycles. The number of carbonyl (C=O) groups is 1. The zero-order chi connectivity index (χ0) is 18.3. The van der Waals surface area contributed by atoms with Crippen LogP contribution in [0.1, 0.15) is 51.3 Å². The summed E-state index contributed by atoms with van der Waals surface area (Å²) >= 11 is 0. The summed E-state index contributed by atoms with van der Waals surface area (Å²) in [5.41, 5.74) is 6.85. The standard InChI is InChI=1S/C21H28N4O/c1-15-10-16(2)12-17(11-15)21(26)25-9-6-18-19(13-24-7-4-5-8-24)22-23(3)20(18)14-25/h10-12H,4-9,13-14H2,1-3H3. The van der Waals surface area contributed by atoms with E-state index in [1.807, 2.05) is 42.6 Å². The van der Waals surface area contributed by atoms with Crippen LogP contribution in [0, 0.1) is 13.8 Å². The molecule has 1 aromatic heterocycles. The van der Waals surface area contributed by atoms with E-state index in [1.54, 1.807) is 0 Å². The fourth-order valence-electron chi connectivity index (χ4n) is 4.39. The van der Waals surface area contributed by atoms with Crippen molar-refractivity contribution in [3.8, 4) is 0 Å². The van der Waals surface area contributed by atoms with E-state index in [0.717, 1.165) is 36.2 Å². The largest absolute Gasteiger partial charge is 0.332 e. The van der Waals surface area contributed by atoms with Crippen LogP contribution in [-0.2, 0) is 26.6 Å². The van der Waals surface area contributed by atoms with E-state index >= 15 is 0 Å². The number of hydrogen-bond acceptors (Lipinski definition) is 3. The first-order chi connectivity index (χ1) is 12.5. The van der Waals surface area contributed by atoms with E-state index in [2.05, 4.69) is 11.0 Å². The number of benzene rings is 1. The molecule has 0 N–H and O–H groups in total. The molecule has 5 nitrogen and oxygen atoms in total. The van der Waals surface area contributed by atoms with E-state index in [4.69, 9.17) is 5.10 Å². The Morgan fingerprint density at radius 3 is 2.46 bits per heavy atom. The molecule has 5 heteroatoms. The first kappa shape index (κ1) is 17.3. The van der Waals surface area contributed by atoms with Crippen molar-refractivity contribution in [1.82, 2.24) is 19.6 Å². The molecule has 1 fully saturated rings. The molecule has 2 aliphatic rings. The third-order valence-electron chi connectivity index (χ3n) is 5.66. The van der Waals surface area contributed by atoms with Crippen LogP contribution in [0.3, 0.4) is 0 Å². The molecule has 4 rings (SSSR count). The molecular formula is C21H28N4O. The van der Waals surface area contributed by atoms with E-state index < -0.39 is 0 Å². The lowest BCUT2D eigenvalue weighted by atomic mass is 10.0. The Morgan fingerprint density at radius 1 is 1.08 bits per heavy atom. The van der Waals surface area contributed by atoms with Gasteiger partial charge in [-0.05, 0) is 58.3 Å². The molecule has 0 aliphatic carbocycles. The Morgan fingerprint density at radius 2 is 1.77 bits per heavy atom. The van der Waals surface area contributed by atoms with Crippen LogP contribution < -0.4 is 0 Å². The number of fused-ring (bicyclic) bond motifs is 1. The summed E-state index contributed by atoms with van der Waals surface area (Å²) in [6.45, 7) is 8.84. The van der Waals surface area contributed by atoms with Gasteiger partial charge in [-0.1, -0.05) is 17.2 Å². The van der Waals surface area contributed by atoms with Crippen molar-refractivity contribution in [2.45, 2.75) is 46.2 Å². The molecule has 0 bridgehead atoms. The summed E-state index contributed by atoms with van der Waals surface area (Å²) in [6.07, 6.45) is 3.50. The van der Waals surface area contributed by atoms with Crippen molar-refractivity contribution in [2.24, 2.45) is 7.05 Å². The van der Waals surface area contributed by atoms with Crippen molar-refractivity contribution < 1.29 is 4.79 Å². The van der Waals surface area contributed by atoms with Crippen LogP contribution in [0.25, 0.3) is 0 Å². The minimum Gasteiger partial charge on any atom is -0.332 e. The average Bonchev–Trinajstić information content (AvgIpc) is 3.22. The molecule has 26 heavy (non-hydrogen) atoms. The smallest absolute Gasteiger partial charge is 0.254 e. The van der Waals surface area contributed by atoms with Crippen molar-refractivity contribution in [2.75, 3.05) is 19.6 Å². The second-order valence-corrected chi connectivity index (χ2v) is 7.83. The fourth-order valence-corrected chi connectivity index (χ4v) is 4.39. The Bertz CT molecular complexity index is 813. The lowest BCUT2D eigenvalue weighted by Gasteiger charge is -2.28. The Hall–Kier alpha value is -2.14. The molecule has 0 saturated carbocycles. The summed E-state index contributed by atoms with van der Waals surface area (Å²) in [5, 5.41) is 4.79. The topological polar surface area (TPSA) is 41.4 Å². The number of nitrogens with zero attached hydrogens (tertiary/aromatic N) is 4. The predicted molar refractivity (Wildman–Crippen MR) is 102 cm³/mol. The summed E-state index contributed by atoms with van der Waals surface area (Å²) in [7, 11) is 2.01. The van der Waals surface area contributed by atoms with Crippen molar-refractivity contribution in [3.05, 3.63) is 51.8 Å². The number of likely N-dealkylation sites (tertiary alicyclic amines) is 1. The zero-order valence-corrected chi connectivity index (χ0v) is 16.1. The predicted octanol–water partition coefficient (Wildman–Crippen LogP) is 2.83. The van der Waals surface area contributed by atoms with E-state index in [-0.39, 0.29) is 5.91 Å². The summed E-state index contributed by atoms with van der Waals surface area (Å²) < 4.78 is 1.99. The van der Waals surface area contributed by atoms with Crippen molar-refractivity contribution >= 4 is 5.91 Å². The van der Waals surface area contributed by atoms with Crippen LogP contribution in [0.5, 0.6) is 0 Å². The van der Waals surface area contributed by atoms with Gasteiger partial charge in [0, 0.05) is 31.3 Å². The van der Waals surface area contributed by atoms with Gasteiger partial charge in [-0.3, -0.25) is 14.4 Å². The Labute approximate surface area is 155 Å². The highest BCUT2D eigenvalue weighted by Gasteiger charge is 2.28. The molecule has 0 radical (unpaired) electrons. The molecule has 1 saturated heterocycles. The maximum atomic E-state index is 13.0. The van der Waals surface area contributed by atoms with Gasteiger partial charge in [-0.15, -0.1) is 0 Å². The quantitative estimate of drug-likeness (QED) is 0.853. The van der Waals surface area contributed by atoms with Crippen molar-refractivity contribution in [1.29, 1.82) is 0 Å². The molecule has 138 valence electrons. The third kappa shape index (κ3) is 3.28. The summed E-state index contributed by atoms with van der Waals surface area (Å²) in [4.78, 5) is 17.5. The first-order valence-electron chi connectivity index (χ1n) is 9.65. The first-order valence-corrected chi connectivity index (χ1v) is 9.65. The second-order valence-electron chi connectivity index (χ2n) is 7.83. The van der Waals surface area contributed by atoms with E-state index in [1.165, 1.54) is 42.9 Å². The molecule has 2 aromatic rings. The highest BCUT2D eigenvalue weighted by atomic mass is 16.2. The van der Waals surface area contributed by atoms with Crippen LogP contribution in [0.2, 0.25) is 0 Å². The summed E-state index contributed by atoms with van der Waals surface area (Å²) in [5.74, 6) is 0.129. The van der Waals surface area contributed by atoms with Crippen LogP contribution >= 0.6 is 0 Å². The highest BCUT2D eigenvalue weighted by Crippen LogP contribution is 2.25. The highest BCUT2D eigenvalue weighted by molar-refractivity contribution is 5.94. The fraction of sp³-hybridized carbons (Fsp3) is 0.524. The molecule has 3 heterocycles. The molecule has 0 atom stereocenters. The average molecular weight is 352 g/mol. The number of aromatic nitrogens is 2. The number of rotatable bonds is 3. The lowest BCUT2D eigenvalue weighted by molar-refractivity contribution is 0.0730. The number of aryl methyl sites for hydroxylation is 3. The lowest BCUT2D eigenvalue weighted by Crippen LogP contribution is -2.36. The molecule has 0 spiro atoms. The maximum Gasteiger partial charge on any atom is 0.254 e. The molecule has 1 amide bonds. The molecular weight excluding hydrogens is 324 g/mol. The Balaban J connectivity index is 1.54. The normalized spacial score (nSPS) is 17.6. The number of hydrogen-bond donors (Lipinski definition) is 0. The molecule has 1 aromatic carbocycles. The zero-order valence-electron chi connectivity index (χ0n) is 16.1. The molecule has 0 unspecified atom stereocenters. The van der Waals surface area contributed by atoms with Gasteiger partial charge in [-0.2, -0.15) is 5.10 Å². The monoisotopic (exact) mass is 352 g/mol. The van der Waals surface area contributed by atoms with Crippen molar-refractivity contribution in [3.63, 3.8) is 0 Å². The minimum absolute atomic E-state index is 0.129. The Kier molecular flexibility index (Phi) is 4.57. The van der Waals surface area contributed by atoms with Gasteiger partial charge in [0.1, 0.15) is 0 Å². The van der Waals surface area contributed by atoms with Crippen LogP contribution in [0.15, 0.2) is 18.2 Å². The SMILES string of the molecule is Cc1cc(C)cc(C(=O)N2CCc3c(CN4CCCC4)nn(C)c3C2)c1. The van der Waals surface area contributed by atoms with Gasteiger partial charge in [0.05, 0.1) is 17.9 Å². The van der Waals surface area contributed by atoms with Gasteiger partial charge in [0.15, 0.2) is 0 Å². The number of carbonyl (C=O) groups excluding carboxylic acids is 1. The van der Waals surface area contributed by atoms with Gasteiger partial charge in [-0.25, -0.2) is 0 Å². The van der Waals surface area contributed by atoms with E-state index in [0.29, 0.717) is 6.54 Å². The van der Waals surface area contributed by atoms with Gasteiger partial charge < -0.3 is 4.90 Å². The summed E-state index contributed by atoms with van der Waals surface area (Å²) in [6, 6.07) is 6.09. The van der Waals surface area contributed by atoms with Gasteiger partial charge in [0.2, 0.25) is 0 Å². The van der Waals surface area contributed by atoms with Gasteiger partial charge >= 0.3 is 0 Å². The van der Waals surface area contributed by atoms with Crippen LogP contribution in [-0.4, -0.2) is 45.1 Å². The second kappa shape index (κ2) is 6.88. The van der Waals surface area contributed by atoms with Gasteiger partial charge in [0.25, 0.3) is 5.91 Å².